The normalized spacial score (nSPS) is 12.7. The SMILES string of the molecule is CC(=O)N(C)CCC(=O)N(C=O)c1ccc2c(c1)CNC2. The quantitative estimate of drug-likeness (QED) is 0.808. The number of hydrogen-bond donors (Lipinski definition) is 1. The average Bonchev–Trinajstić information content (AvgIpc) is 2.93. The zero-order chi connectivity index (χ0) is 15.4. The van der Waals surface area contributed by atoms with Crippen molar-refractivity contribution in [3.63, 3.8) is 0 Å². The second-order valence-corrected chi connectivity index (χ2v) is 5.12. The lowest BCUT2D eigenvalue weighted by Gasteiger charge is -2.19. The molecular weight excluding hydrogens is 270 g/mol. The Morgan fingerprint density at radius 2 is 2.00 bits per heavy atom. The van der Waals surface area contributed by atoms with Crippen LogP contribution in [0.15, 0.2) is 18.2 Å². The van der Waals surface area contributed by atoms with Crippen molar-refractivity contribution in [2.24, 2.45) is 0 Å². The second-order valence-electron chi connectivity index (χ2n) is 5.12. The van der Waals surface area contributed by atoms with E-state index in [0.29, 0.717) is 18.6 Å². The van der Waals surface area contributed by atoms with E-state index in [1.807, 2.05) is 12.1 Å². The molecule has 1 heterocycles. The molecule has 0 radical (unpaired) electrons. The molecule has 112 valence electrons. The Kier molecular flexibility index (Phi) is 4.70. The predicted molar refractivity (Wildman–Crippen MR) is 78.5 cm³/mol. The van der Waals surface area contributed by atoms with Crippen LogP contribution < -0.4 is 10.2 Å². The van der Waals surface area contributed by atoms with Gasteiger partial charge in [-0.05, 0) is 23.3 Å². The van der Waals surface area contributed by atoms with Crippen molar-refractivity contribution in [1.82, 2.24) is 10.2 Å². The highest BCUT2D eigenvalue weighted by Crippen LogP contribution is 2.22. The third-order valence-electron chi connectivity index (χ3n) is 3.67. The molecule has 1 aliphatic rings. The molecule has 2 rings (SSSR count). The minimum Gasteiger partial charge on any atom is -0.345 e. The van der Waals surface area contributed by atoms with Gasteiger partial charge >= 0.3 is 0 Å². The van der Waals surface area contributed by atoms with Gasteiger partial charge in [-0.25, -0.2) is 0 Å². The number of rotatable bonds is 5. The molecule has 0 atom stereocenters. The maximum Gasteiger partial charge on any atom is 0.235 e. The smallest absolute Gasteiger partial charge is 0.235 e. The molecule has 0 saturated heterocycles. The minimum absolute atomic E-state index is 0.107. The van der Waals surface area contributed by atoms with E-state index in [9.17, 15) is 14.4 Å². The Bertz CT molecular complexity index is 571. The van der Waals surface area contributed by atoms with Crippen LogP contribution in [0.25, 0.3) is 0 Å². The molecule has 1 aromatic carbocycles. The summed E-state index contributed by atoms with van der Waals surface area (Å²) in [6, 6.07) is 5.55. The first kappa shape index (κ1) is 15.2. The van der Waals surface area contributed by atoms with Gasteiger partial charge in [-0.15, -0.1) is 0 Å². The van der Waals surface area contributed by atoms with Crippen molar-refractivity contribution in [1.29, 1.82) is 0 Å². The molecule has 1 aliphatic heterocycles. The van der Waals surface area contributed by atoms with Gasteiger partial charge in [-0.2, -0.15) is 0 Å². The van der Waals surface area contributed by atoms with E-state index < -0.39 is 0 Å². The van der Waals surface area contributed by atoms with E-state index in [0.717, 1.165) is 23.6 Å². The van der Waals surface area contributed by atoms with E-state index in [4.69, 9.17) is 0 Å². The summed E-state index contributed by atoms with van der Waals surface area (Å²) >= 11 is 0. The third kappa shape index (κ3) is 3.46. The summed E-state index contributed by atoms with van der Waals surface area (Å²) in [5.74, 6) is -0.423. The number of carbonyl (C=O) groups excluding carboxylic acids is 3. The van der Waals surface area contributed by atoms with Gasteiger partial charge < -0.3 is 10.2 Å². The van der Waals surface area contributed by atoms with Crippen molar-refractivity contribution in [3.8, 4) is 0 Å². The van der Waals surface area contributed by atoms with Crippen LogP contribution in [-0.2, 0) is 27.5 Å². The number of benzene rings is 1. The lowest BCUT2D eigenvalue weighted by Crippen LogP contribution is -2.34. The van der Waals surface area contributed by atoms with Crippen LogP contribution in [-0.4, -0.2) is 36.7 Å². The zero-order valence-electron chi connectivity index (χ0n) is 12.3. The molecule has 0 fully saturated rings. The number of carbonyl (C=O) groups is 3. The van der Waals surface area contributed by atoms with Gasteiger partial charge in [-0.3, -0.25) is 19.3 Å². The molecule has 1 N–H and O–H groups in total. The summed E-state index contributed by atoms with van der Waals surface area (Å²) in [5.41, 5.74) is 2.87. The standard InChI is InChI=1S/C15H19N3O3/c1-11(20)17(2)6-5-15(21)18(10-19)14-4-3-12-8-16-9-13(12)7-14/h3-4,7,10,16H,5-6,8-9H2,1-2H3. The molecule has 0 unspecified atom stereocenters. The van der Waals surface area contributed by atoms with E-state index in [1.54, 1.807) is 13.1 Å². The highest BCUT2D eigenvalue weighted by atomic mass is 16.2. The van der Waals surface area contributed by atoms with Crippen LogP contribution in [0.4, 0.5) is 5.69 Å². The summed E-state index contributed by atoms with van der Waals surface area (Å²) < 4.78 is 0. The maximum absolute atomic E-state index is 12.1. The molecule has 0 bridgehead atoms. The van der Waals surface area contributed by atoms with Crippen molar-refractivity contribution >= 4 is 23.9 Å². The molecule has 3 amide bonds. The first-order valence-electron chi connectivity index (χ1n) is 6.84. The lowest BCUT2D eigenvalue weighted by atomic mass is 10.1. The van der Waals surface area contributed by atoms with Crippen LogP contribution in [0.1, 0.15) is 24.5 Å². The molecule has 0 aliphatic carbocycles. The molecule has 6 nitrogen and oxygen atoms in total. The Labute approximate surface area is 123 Å². The molecule has 21 heavy (non-hydrogen) atoms. The van der Waals surface area contributed by atoms with Crippen LogP contribution in [0.5, 0.6) is 0 Å². The van der Waals surface area contributed by atoms with Gasteiger partial charge in [0.15, 0.2) is 0 Å². The van der Waals surface area contributed by atoms with E-state index in [-0.39, 0.29) is 18.2 Å². The van der Waals surface area contributed by atoms with Gasteiger partial charge in [0, 0.05) is 40.0 Å². The second kappa shape index (κ2) is 6.49. The zero-order valence-corrected chi connectivity index (χ0v) is 12.3. The maximum atomic E-state index is 12.1. The molecule has 6 heteroatoms. The van der Waals surface area contributed by atoms with Gasteiger partial charge in [0.05, 0.1) is 5.69 Å². The number of anilines is 1. The fraction of sp³-hybridized carbons (Fsp3) is 0.400. The summed E-state index contributed by atoms with van der Waals surface area (Å²) in [4.78, 5) is 37.1. The van der Waals surface area contributed by atoms with Gasteiger partial charge in [-0.1, -0.05) is 6.07 Å². The average molecular weight is 289 g/mol. The monoisotopic (exact) mass is 289 g/mol. The van der Waals surface area contributed by atoms with E-state index >= 15 is 0 Å². The lowest BCUT2D eigenvalue weighted by molar-refractivity contribution is -0.128. The molecule has 0 aromatic heterocycles. The number of hydrogen-bond acceptors (Lipinski definition) is 4. The van der Waals surface area contributed by atoms with Gasteiger partial charge in [0.25, 0.3) is 0 Å². The van der Waals surface area contributed by atoms with Gasteiger partial charge in [0.1, 0.15) is 0 Å². The summed E-state index contributed by atoms with van der Waals surface area (Å²) in [6.45, 7) is 3.30. The fourth-order valence-electron chi connectivity index (χ4n) is 2.24. The van der Waals surface area contributed by atoms with E-state index in [2.05, 4.69) is 5.32 Å². The molecule has 0 spiro atoms. The fourth-order valence-corrected chi connectivity index (χ4v) is 2.24. The third-order valence-corrected chi connectivity index (χ3v) is 3.67. The van der Waals surface area contributed by atoms with Gasteiger partial charge in [0.2, 0.25) is 18.2 Å². The molecular formula is C15H19N3O3. The Balaban J connectivity index is 2.07. The topological polar surface area (TPSA) is 69.7 Å². The Morgan fingerprint density at radius 1 is 1.29 bits per heavy atom. The van der Waals surface area contributed by atoms with Crippen molar-refractivity contribution in [3.05, 3.63) is 29.3 Å². The largest absolute Gasteiger partial charge is 0.345 e. The molecule has 1 aromatic rings. The predicted octanol–water partition coefficient (Wildman–Crippen LogP) is 0.648. The van der Waals surface area contributed by atoms with E-state index in [1.165, 1.54) is 17.4 Å². The van der Waals surface area contributed by atoms with Crippen molar-refractivity contribution < 1.29 is 14.4 Å². The number of amides is 3. The van der Waals surface area contributed by atoms with Crippen LogP contribution in [0.2, 0.25) is 0 Å². The number of imide groups is 1. The number of nitrogens with one attached hydrogen (secondary N) is 1. The number of fused-ring (bicyclic) bond motifs is 1. The first-order chi connectivity index (χ1) is 10.0. The summed E-state index contributed by atoms with van der Waals surface area (Å²) in [5, 5.41) is 3.22. The van der Waals surface area contributed by atoms with Crippen molar-refractivity contribution in [2.45, 2.75) is 26.4 Å². The highest BCUT2D eigenvalue weighted by molar-refractivity contribution is 6.07. The van der Waals surface area contributed by atoms with Crippen LogP contribution >= 0.6 is 0 Å². The Hall–Kier alpha value is -2.21. The summed E-state index contributed by atoms with van der Waals surface area (Å²) in [7, 11) is 1.63. The minimum atomic E-state index is -0.316. The molecule has 0 saturated carbocycles. The Morgan fingerprint density at radius 3 is 2.67 bits per heavy atom. The summed E-state index contributed by atoms with van der Waals surface area (Å²) in [6.07, 6.45) is 0.643. The number of nitrogens with zero attached hydrogens (tertiary/aromatic N) is 2. The van der Waals surface area contributed by atoms with Crippen LogP contribution in [0, 0.1) is 0 Å². The first-order valence-corrected chi connectivity index (χ1v) is 6.84. The highest BCUT2D eigenvalue weighted by Gasteiger charge is 2.18. The van der Waals surface area contributed by atoms with Crippen molar-refractivity contribution in [2.75, 3.05) is 18.5 Å². The van der Waals surface area contributed by atoms with Crippen LogP contribution in [0.3, 0.4) is 0 Å².